The van der Waals surface area contributed by atoms with E-state index in [0.717, 1.165) is 0 Å². The number of aromatic hydroxyl groups is 1. The van der Waals surface area contributed by atoms with Gasteiger partial charge in [-0.3, -0.25) is 4.79 Å². The van der Waals surface area contributed by atoms with Crippen molar-refractivity contribution in [1.29, 1.82) is 0 Å². The van der Waals surface area contributed by atoms with E-state index in [-0.39, 0.29) is 10.6 Å². The summed E-state index contributed by atoms with van der Waals surface area (Å²) in [6.45, 7) is 1.64. The molecule has 0 fully saturated rings. The Bertz CT molecular complexity index is 664. The summed E-state index contributed by atoms with van der Waals surface area (Å²) in [5.74, 6) is -0.274. The summed E-state index contributed by atoms with van der Waals surface area (Å²) >= 11 is 5.73. The number of nitrogens with one attached hydrogen (secondary N) is 1. The Morgan fingerprint density at radius 3 is 2.44 bits per heavy atom. The molecule has 4 nitrogen and oxygen atoms in total. The Hall–Kier alpha value is -1.59. The van der Waals surface area contributed by atoms with Crippen LogP contribution in [-0.2, 0) is 10.8 Å². The van der Waals surface area contributed by atoms with E-state index in [1.165, 1.54) is 6.07 Å². The maximum absolute atomic E-state index is 12.2. The lowest BCUT2D eigenvalue weighted by atomic mass is 10.3. The number of H-pyrrole nitrogens is 1. The highest BCUT2D eigenvalue weighted by Gasteiger charge is 2.16. The van der Waals surface area contributed by atoms with Gasteiger partial charge in [-0.25, -0.2) is 4.21 Å². The molecular weight excluding hydrogens is 274 g/mol. The molecule has 0 saturated heterocycles. The van der Waals surface area contributed by atoms with Crippen LogP contribution in [-0.4, -0.2) is 14.3 Å². The van der Waals surface area contributed by atoms with Crippen molar-refractivity contribution in [1.82, 2.24) is 4.98 Å². The molecule has 1 atom stereocenters. The van der Waals surface area contributed by atoms with Gasteiger partial charge in [-0.2, -0.15) is 0 Å². The van der Waals surface area contributed by atoms with Gasteiger partial charge in [0.1, 0.15) is 5.75 Å². The summed E-state index contributed by atoms with van der Waals surface area (Å²) < 4.78 is 12.2. The van der Waals surface area contributed by atoms with Crippen LogP contribution in [0, 0.1) is 6.92 Å². The van der Waals surface area contributed by atoms with E-state index in [1.54, 1.807) is 31.2 Å². The average Bonchev–Trinajstić information content (AvgIpc) is 2.28. The van der Waals surface area contributed by atoms with Gasteiger partial charge in [0.25, 0.3) is 5.56 Å². The molecule has 94 valence electrons. The molecule has 1 aromatic carbocycles. The fraction of sp³-hybridized carbons (Fsp3) is 0.0833. The van der Waals surface area contributed by atoms with E-state index in [4.69, 9.17) is 11.6 Å². The van der Waals surface area contributed by atoms with Gasteiger partial charge in [0.05, 0.1) is 10.8 Å². The van der Waals surface area contributed by atoms with Crippen molar-refractivity contribution in [3.8, 4) is 5.75 Å². The van der Waals surface area contributed by atoms with Gasteiger partial charge in [-0.05, 0) is 31.2 Å². The predicted molar refractivity (Wildman–Crippen MR) is 69.6 cm³/mol. The highest BCUT2D eigenvalue weighted by molar-refractivity contribution is 7.85. The molecule has 1 aromatic heterocycles. The normalized spacial score (nSPS) is 12.3. The van der Waals surface area contributed by atoms with Crippen molar-refractivity contribution in [3.05, 3.63) is 51.4 Å². The van der Waals surface area contributed by atoms with Crippen LogP contribution in [0.3, 0.4) is 0 Å². The van der Waals surface area contributed by atoms with Crippen molar-refractivity contribution in [3.63, 3.8) is 0 Å². The largest absolute Gasteiger partial charge is 0.506 e. The number of aromatic amines is 1. The molecule has 2 rings (SSSR count). The van der Waals surface area contributed by atoms with Crippen LogP contribution in [0.25, 0.3) is 0 Å². The van der Waals surface area contributed by atoms with E-state index >= 15 is 0 Å². The molecule has 0 amide bonds. The standard InChI is InChI=1S/C12H10ClNO3S/c1-7-6-10(15)11(12(16)14-7)18(17)9-4-2-8(13)3-5-9/h2-6H,1H3,(H2,14,15,16). The molecule has 2 aromatic rings. The summed E-state index contributed by atoms with van der Waals surface area (Å²) in [6.07, 6.45) is 0. The second kappa shape index (κ2) is 4.96. The van der Waals surface area contributed by atoms with Gasteiger partial charge in [0.15, 0.2) is 4.90 Å². The minimum atomic E-state index is -1.74. The number of rotatable bonds is 2. The van der Waals surface area contributed by atoms with Gasteiger partial charge in [0.2, 0.25) is 0 Å². The number of pyridine rings is 1. The second-order valence-electron chi connectivity index (χ2n) is 3.72. The van der Waals surface area contributed by atoms with Crippen LogP contribution in [0.5, 0.6) is 5.75 Å². The number of aromatic nitrogens is 1. The first-order valence-corrected chi connectivity index (χ1v) is 6.62. The Kier molecular flexibility index (Phi) is 3.54. The van der Waals surface area contributed by atoms with Gasteiger partial charge >= 0.3 is 0 Å². The molecule has 2 N–H and O–H groups in total. The molecule has 1 heterocycles. The summed E-state index contributed by atoms with van der Waals surface area (Å²) in [6, 6.07) is 7.63. The summed E-state index contributed by atoms with van der Waals surface area (Å²) in [4.78, 5) is 14.5. The highest BCUT2D eigenvalue weighted by atomic mass is 35.5. The van der Waals surface area contributed by atoms with Crippen molar-refractivity contribution in [2.75, 3.05) is 0 Å². The summed E-state index contributed by atoms with van der Waals surface area (Å²) in [5, 5.41) is 10.2. The Balaban J connectivity index is 2.53. The Labute approximate surface area is 111 Å². The number of hydrogen-bond donors (Lipinski definition) is 2. The molecule has 6 heteroatoms. The molecule has 18 heavy (non-hydrogen) atoms. The first kappa shape index (κ1) is 12.9. The zero-order chi connectivity index (χ0) is 13.3. The maximum Gasteiger partial charge on any atom is 0.268 e. The monoisotopic (exact) mass is 283 g/mol. The first-order valence-electron chi connectivity index (χ1n) is 5.09. The van der Waals surface area contributed by atoms with Crippen LogP contribution in [0.15, 0.2) is 44.9 Å². The second-order valence-corrected chi connectivity index (χ2v) is 5.57. The smallest absolute Gasteiger partial charge is 0.268 e. The zero-order valence-corrected chi connectivity index (χ0v) is 11.0. The Morgan fingerprint density at radius 1 is 1.28 bits per heavy atom. The minimum absolute atomic E-state index is 0.150. The predicted octanol–water partition coefficient (Wildman–Crippen LogP) is 2.21. The average molecular weight is 284 g/mol. The van der Waals surface area contributed by atoms with E-state index in [2.05, 4.69) is 4.98 Å². The van der Waals surface area contributed by atoms with Gasteiger partial charge in [0, 0.05) is 21.7 Å². The van der Waals surface area contributed by atoms with Crippen LogP contribution in [0.4, 0.5) is 0 Å². The van der Waals surface area contributed by atoms with E-state index in [0.29, 0.717) is 15.6 Å². The number of halogens is 1. The molecule has 0 aliphatic carbocycles. The first-order chi connectivity index (χ1) is 8.49. The number of benzene rings is 1. The molecule has 0 bridgehead atoms. The maximum atomic E-state index is 12.2. The molecule has 1 unspecified atom stereocenters. The molecule has 0 spiro atoms. The third-order valence-electron chi connectivity index (χ3n) is 2.32. The van der Waals surface area contributed by atoms with Crippen molar-refractivity contribution in [2.45, 2.75) is 16.7 Å². The lowest BCUT2D eigenvalue weighted by Crippen LogP contribution is -2.15. The minimum Gasteiger partial charge on any atom is -0.506 e. The molecule has 0 aliphatic rings. The van der Waals surface area contributed by atoms with E-state index < -0.39 is 16.4 Å². The van der Waals surface area contributed by atoms with Crippen LogP contribution in [0.1, 0.15) is 5.69 Å². The topological polar surface area (TPSA) is 70.2 Å². The Morgan fingerprint density at radius 2 is 1.89 bits per heavy atom. The fourth-order valence-electron chi connectivity index (χ4n) is 1.51. The van der Waals surface area contributed by atoms with Gasteiger partial charge in [-0.1, -0.05) is 11.6 Å². The van der Waals surface area contributed by atoms with Crippen molar-refractivity contribution in [2.24, 2.45) is 0 Å². The van der Waals surface area contributed by atoms with Gasteiger partial charge < -0.3 is 10.1 Å². The van der Waals surface area contributed by atoms with Crippen LogP contribution >= 0.6 is 11.6 Å². The SMILES string of the molecule is Cc1cc(O)c(S(=O)c2ccc(Cl)cc2)c(=O)[nH]1. The quantitative estimate of drug-likeness (QED) is 0.888. The zero-order valence-electron chi connectivity index (χ0n) is 9.44. The number of hydrogen-bond acceptors (Lipinski definition) is 3. The third-order valence-corrected chi connectivity index (χ3v) is 4.03. The molecule has 0 aliphatic heterocycles. The molecule has 0 saturated carbocycles. The lowest BCUT2D eigenvalue weighted by molar-refractivity contribution is 0.457. The van der Waals surface area contributed by atoms with E-state index in [9.17, 15) is 14.1 Å². The fourth-order valence-corrected chi connectivity index (χ4v) is 2.73. The van der Waals surface area contributed by atoms with Crippen molar-refractivity contribution >= 4 is 22.4 Å². The summed E-state index contributed by atoms with van der Waals surface area (Å²) in [7, 11) is -1.74. The van der Waals surface area contributed by atoms with Crippen LogP contribution in [0.2, 0.25) is 5.02 Å². The van der Waals surface area contributed by atoms with Gasteiger partial charge in [-0.15, -0.1) is 0 Å². The van der Waals surface area contributed by atoms with E-state index in [1.807, 2.05) is 0 Å². The molecule has 0 radical (unpaired) electrons. The lowest BCUT2D eigenvalue weighted by Gasteiger charge is -2.05. The van der Waals surface area contributed by atoms with Crippen LogP contribution < -0.4 is 5.56 Å². The highest BCUT2D eigenvalue weighted by Crippen LogP contribution is 2.23. The third kappa shape index (κ3) is 2.47. The molecular formula is C12H10ClNO3S. The number of aryl methyl sites for hydroxylation is 1. The van der Waals surface area contributed by atoms with Crippen molar-refractivity contribution < 1.29 is 9.32 Å². The summed E-state index contributed by atoms with van der Waals surface area (Å²) in [5.41, 5.74) is -0.0462.